The van der Waals surface area contributed by atoms with Crippen molar-refractivity contribution >= 4 is 23.5 Å². The summed E-state index contributed by atoms with van der Waals surface area (Å²) >= 11 is 0. The monoisotopic (exact) mass is 733 g/mol. The number of unbranched alkanes of at least 4 members (excludes halogenated alkanes) is 10. The third-order valence-corrected chi connectivity index (χ3v) is 9.14. The first-order valence-corrected chi connectivity index (χ1v) is 20.1. The summed E-state index contributed by atoms with van der Waals surface area (Å²) in [5, 5.41) is 31.4. The lowest BCUT2D eigenvalue weighted by atomic mass is 9.85. The molecule has 21 heteroatoms. The number of aliphatic hydroxyl groups excluding tert-OH is 3. The highest BCUT2D eigenvalue weighted by Crippen LogP contribution is 2.50. The number of rotatable bonds is 27. The van der Waals surface area contributed by atoms with Crippen molar-refractivity contribution in [3.05, 3.63) is 0 Å². The number of nitrogens with two attached hydrogens (primary N) is 1. The molecule has 0 aliphatic heterocycles. The first-order chi connectivity index (χ1) is 21.5. The normalized spacial score (nSPS) is 26.2. The summed E-state index contributed by atoms with van der Waals surface area (Å²) in [5.74, 6) is 0. The number of hydrogen-bond donors (Lipinski definition) is 9. The van der Waals surface area contributed by atoms with Crippen molar-refractivity contribution in [2.75, 3.05) is 33.0 Å². The van der Waals surface area contributed by atoms with Crippen LogP contribution in [0.1, 0.15) is 84.0 Å². The molecule has 10 N–H and O–H groups in total. The smallest absolute Gasteiger partial charge is 0.387 e. The molecular formula is C25H54NO17P3. The fraction of sp³-hybridized carbons (Fsp3) is 1.00. The molecule has 3 unspecified atom stereocenters. The molecule has 46 heavy (non-hydrogen) atoms. The van der Waals surface area contributed by atoms with Gasteiger partial charge in [-0.05, 0) is 25.8 Å². The maximum Gasteiger partial charge on any atom is 0.472 e. The maximum absolute atomic E-state index is 12.9. The van der Waals surface area contributed by atoms with Crippen LogP contribution in [0.2, 0.25) is 0 Å². The second-order valence-electron chi connectivity index (χ2n) is 11.2. The number of phosphoric acid groups is 3. The lowest BCUT2D eigenvalue weighted by Gasteiger charge is -2.44. The molecule has 0 bridgehead atoms. The van der Waals surface area contributed by atoms with Crippen LogP contribution in [0.15, 0.2) is 0 Å². The van der Waals surface area contributed by atoms with Gasteiger partial charge in [-0.1, -0.05) is 64.7 Å². The first kappa shape index (κ1) is 44.1. The topological polar surface area (TPSA) is 294 Å². The summed E-state index contributed by atoms with van der Waals surface area (Å²) in [4.78, 5) is 47.1. The largest absolute Gasteiger partial charge is 0.472 e. The molecule has 1 aliphatic rings. The summed E-state index contributed by atoms with van der Waals surface area (Å²) in [6.45, 7) is 2.95. The molecule has 0 spiro atoms. The first-order valence-electron chi connectivity index (χ1n) is 15.6. The predicted molar refractivity (Wildman–Crippen MR) is 163 cm³/mol. The molecule has 1 rings (SSSR count). The average Bonchev–Trinajstić information content (AvgIpc) is 2.96. The Balaban J connectivity index is 2.86. The van der Waals surface area contributed by atoms with Crippen LogP contribution in [0.4, 0.5) is 0 Å². The van der Waals surface area contributed by atoms with Gasteiger partial charge in [0.15, 0.2) is 0 Å². The molecule has 1 fully saturated rings. The molecule has 276 valence electrons. The van der Waals surface area contributed by atoms with Gasteiger partial charge in [-0.15, -0.1) is 0 Å². The lowest BCUT2D eigenvalue weighted by Crippen LogP contribution is -2.65. The lowest BCUT2D eigenvalue weighted by molar-refractivity contribution is -0.213. The molecule has 0 radical (unpaired) electrons. The zero-order valence-electron chi connectivity index (χ0n) is 26.2. The molecule has 0 heterocycles. The van der Waals surface area contributed by atoms with Gasteiger partial charge in [0.05, 0.1) is 13.2 Å². The van der Waals surface area contributed by atoms with E-state index in [-0.39, 0.29) is 6.61 Å². The van der Waals surface area contributed by atoms with Gasteiger partial charge in [0.25, 0.3) is 0 Å². The van der Waals surface area contributed by atoms with Crippen LogP contribution in [0.25, 0.3) is 0 Å². The summed E-state index contributed by atoms with van der Waals surface area (Å²) in [6.07, 6.45) is -3.28. The molecule has 0 aromatic carbocycles. The van der Waals surface area contributed by atoms with Gasteiger partial charge in [0.2, 0.25) is 0 Å². The molecule has 18 nitrogen and oxygen atoms in total. The SMILES string of the molecule is CCCCCCCCO[C@H](COCCCCCCCCN)COP(=O)(O)OC1[C@H](O)[C@H](OP(=O)(O)O)C(O)[C@H](OP(=O)(O)O)[C@H]1O. The number of phosphoric ester groups is 3. The van der Waals surface area contributed by atoms with Gasteiger partial charge in [0.1, 0.15) is 42.7 Å². The fourth-order valence-corrected chi connectivity index (χ4v) is 6.87. The van der Waals surface area contributed by atoms with E-state index in [1.165, 1.54) is 0 Å². The van der Waals surface area contributed by atoms with Crippen LogP contribution in [-0.4, -0.2) is 115 Å². The molecule has 0 amide bonds. The minimum absolute atomic E-state index is 0.000275. The van der Waals surface area contributed by atoms with E-state index in [1.807, 2.05) is 0 Å². The highest BCUT2D eigenvalue weighted by molar-refractivity contribution is 7.47. The molecule has 1 saturated carbocycles. The van der Waals surface area contributed by atoms with Gasteiger partial charge in [-0.25, -0.2) is 13.7 Å². The molecule has 0 saturated heterocycles. The summed E-state index contributed by atoms with van der Waals surface area (Å²) in [5.41, 5.74) is 5.50. The van der Waals surface area contributed by atoms with E-state index < -0.39 is 72.8 Å². The Labute approximate surface area is 270 Å². The van der Waals surface area contributed by atoms with Gasteiger partial charge in [-0.2, -0.15) is 0 Å². The Morgan fingerprint density at radius 2 is 1.04 bits per heavy atom. The second-order valence-corrected chi connectivity index (χ2v) is 15.0. The van der Waals surface area contributed by atoms with Gasteiger partial charge >= 0.3 is 23.5 Å². The summed E-state index contributed by atoms with van der Waals surface area (Å²) in [6, 6.07) is 0. The van der Waals surface area contributed by atoms with E-state index in [1.54, 1.807) is 0 Å². The average molecular weight is 734 g/mol. The van der Waals surface area contributed by atoms with E-state index in [9.17, 15) is 33.9 Å². The standard InChI is InChI=1S/C25H54NO17P3/c1-2-3-4-5-10-13-16-39-19(17-38-15-12-9-7-6-8-11-14-26)18-40-46(36,37)43-25-21(28)23(41-44(30,31)32)20(27)24(22(25)29)42-45(33,34)35/h19-25,27-29H,2-18,26H2,1H3,(H,36,37)(H2,30,31,32)(H2,33,34,35)/t19-,20?,21-,22-,23-,24+,25?/m1/s1. The minimum Gasteiger partial charge on any atom is -0.387 e. The highest BCUT2D eigenvalue weighted by Gasteiger charge is 2.56. The number of ether oxygens (including phenoxy) is 2. The summed E-state index contributed by atoms with van der Waals surface area (Å²) in [7, 11) is -16.2. The van der Waals surface area contributed by atoms with Crippen molar-refractivity contribution in [1.29, 1.82) is 0 Å². The van der Waals surface area contributed by atoms with E-state index in [0.29, 0.717) is 19.8 Å². The number of hydrogen-bond acceptors (Lipinski definition) is 13. The van der Waals surface area contributed by atoms with Crippen LogP contribution in [0, 0.1) is 0 Å². The summed E-state index contributed by atoms with van der Waals surface area (Å²) < 4.78 is 65.7. The van der Waals surface area contributed by atoms with Crippen molar-refractivity contribution in [3.8, 4) is 0 Å². The second kappa shape index (κ2) is 22.7. The molecule has 8 atom stereocenters. The Hall–Kier alpha value is 0.0900. The fourth-order valence-electron chi connectivity index (χ4n) is 4.77. The van der Waals surface area contributed by atoms with Crippen LogP contribution in [-0.2, 0) is 41.3 Å². The van der Waals surface area contributed by atoms with Gasteiger partial charge in [0, 0.05) is 13.2 Å². The maximum atomic E-state index is 12.9. The van der Waals surface area contributed by atoms with Crippen LogP contribution >= 0.6 is 23.5 Å². The Morgan fingerprint density at radius 1 is 0.609 bits per heavy atom. The molecule has 0 aromatic heterocycles. The quantitative estimate of drug-likeness (QED) is 0.0428. The molecule has 0 aromatic rings. The minimum atomic E-state index is -5.46. The van der Waals surface area contributed by atoms with E-state index in [0.717, 1.165) is 77.0 Å². The van der Waals surface area contributed by atoms with E-state index >= 15 is 0 Å². The Kier molecular flexibility index (Phi) is 21.8. The third kappa shape index (κ3) is 19.3. The predicted octanol–water partition coefficient (Wildman–Crippen LogP) is 1.60. The van der Waals surface area contributed by atoms with Gasteiger partial charge in [-0.3, -0.25) is 18.1 Å². The van der Waals surface area contributed by atoms with Crippen LogP contribution in [0.5, 0.6) is 0 Å². The van der Waals surface area contributed by atoms with Crippen molar-refractivity contribution in [1.82, 2.24) is 0 Å². The van der Waals surface area contributed by atoms with Gasteiger partial charge < -0.3 is 55.0 Å². The third-order valence-electron chi connectivity index (χ3n) is 7.11. The zero-order valence-corrected chi connectivity index (χ0v) is 28.9. The highest BCUT2D eigenvalue weighted by atomic mass is 31.2. The zero-order chi connectivity index (χ0) is 34.8. The van der Waals surface area contributed by atoms with Crippen molar-refractivity contribution in [2.45, 2.75) is 127 Å². The number of aliphatic hydroxyl groups is 3. The molecular weight excluding hydrogens is 679 g/mol. The Morgan fingerprint density at radius 3 is 1.52 bits per heavy atom. The van der Waals surface area contributed by atoms with Crippen molar-refractivity contribution in [3.63, 3.8) is 0 Å². The van der Waals surface area contributed by atoms with Crippen molar-refractivity contribution in [2.24, 2.45) is 5.73 Å². The van der Waals surface area contributed by atoms with Crippen LogP contribution in [0.3, 0.4) is 0 Å². The van der Waals surface area contributed by atoms with E-state index in [4.69, 9.17) is 43.8 Å². The van der Waals surface area contributed by atoms with Crippen LogP contribution < -0.4 is 5.73 Å². The van der Waals surface area contributed by atoms with E-state index in [2.05, 4.69) is 16.0 Å². The molecule has 1 aliphatic carbocycles. The van der Waals surface area contributed by atoms with Crippen molar-refractivity contribution < 1.29 is 81.1 Å². The Bertz CT molecular complexity index is 915.